The van der Waals surface area contributed by atoms with E-state index in [0.29, 0.717) is 22.9 Å². The Morgan fingerprint density at radius 2 is 1.66 bits per heavy atom. The SMILES string of the molecule is COc1ccc(-n2nc(C(F)(F)F)c3c2C(=O)N(c2ccc(-n4ccnc4C[N+](C)(C)[O-])cc2)CC3)cc1. The number of rotatable bonds is 6. The molecule has 0 N–H and O–H groups in total. The van der Waals surface area contributed by atoms with Gasteiger partial charge in [0.05, 0.1) is 26.9 Å². The molecule has 0 atom stereocenters. The molecule has 5 rings (SSSR count). The number of alkyl halides is 3. The zero-order chi connectivity index (χ0) is 27.2. The minimum Gasteiger partial charge on any atom is -0.633 e. The van der Waals surface area contributed by atoms with Crippen molar-refractivity contribution in [1.82, 2.24) is 19.3 Å². The molecule has 0 radical (unpaired) electrons. The van der Waals surface area contributed by atoms with E-state index in [-0.39, 0.29) is 30.8 Å². The Morgan fingerprint density at radius 1 is 1.03 bits per heavy atom. The van der Waals surface area contributed by atoms with Crippen LogP contribution in [0, 0.1) is 5.21 Å². The van der Waals surface area contributed by atoms with Gasteiger partial charge >= 0.3 is 6.18 Å². The summed E-state index contributed by atoms with van der Waals surface area (Å²) in [4.78, 5) is 19.3. The lowest BCUT2D eigenvalue weighted by Crippen LogP contribution is -2.39. The number of methoxy groups -OCH3 is 1. The average molecular weight is 527 g/mol. The molecule has 1 aliphatic rings. The van der Waals surface area contributed by atoms with E-state index in [1.54, 1.807) is 65.5 Å². The van der Waals surface area contributed by atoms with Gasteiger partial charge in [-0.3, -0.25) is 9.36 Å². The summed E-state index contributed by atoms with van der Waals surface area (Å²) in [6.07, 6.45) is -1.36. The number of hydrogen-bond donors (Lipinski definition) is 0. The molecule has 0 unspecified atom stereocenters. The summed E-state index contributed by atoms with van der Waals surface area (Å²) in [5.41, 5.74) is 0.289. The number of hydroxylamine groups is 3. The molecule has 0 saturated carbocycles. The molecule has 0 fully saturated rings. The lowest BCUT2D eigenvalue weighted by atomic mass is 10.0. The van der Waals surface area contributed by atoms with Crippen molar-refractivity contribution in [3.05, 3.63) is 88.9 Å². The number of quaternary nitrogens is 1. The second kappa shape index (κ2) is 9.30. The molecule has 0 saturated heterocycles. The number of nitrogens with zero attached hydrogens (tertiary/aromatic N) is 6. The molecule has 3 heterocycles. The Morgan fingerprint density at radius 3 is 2.26 bits per heavy atom. The van der Waals surface area contributed by atoms with Crippen LogP contribution in [0.2, 0.25) is 0 Å². The van der Waals surface area contributed by atoms with E-state index in [1.165, 1.54) is 26.1 Å². The van der Waals surface area contributed by atoms with Crippen LogP contribution in [0.3, 0.4) is 0 Å². The van der Waals surface area contributed by atoms with Crippen molar-refractivity contribution >= 4 is 11.6 Å². The van der Waals surface area contributed by atoms with Gasteiger partial charge in [-0.25, -0.2) is 9.67 Å². The van der Waals surface area contributed by atoms with Gasteiger partial charge in [-0.2, -0.15) is 18.3 Å². The third-order valence-corrected chi connectivity index (χ3v) is 6.28. The van der Waals surface area contributed by atoms with Crippen molar-refractivity contribution in [3.63, 3.8) is 0 Å². The van der Waals surface area contributed by atoms with Crippen molar-refractivity contribution in [2.75, 3.05) is 32.6 Å². The van der Waals surface area contributed by atoms with Gasteiger partial charge in [0.15, 0.2) is 11.5 Å². The van der Waals surface area contributed by atoms with Crippen molar-refractivity contribution < 1.29 is 27.3 Å². The van der Waals surface area contributed by atoms with Crippen molar-refractivity contribution in [2.24, 2.45) is 0 Å². The van der Waals surface area contributed by atoms with Gasteiger partial charge in [0, 0.05) is 35.9 Å². The number of ether oxygens (including phenoxy) is 1. The Bertz CT molecular complexity index is 1470. The first kappa shape index (κ1) is 25.5. The molecule has 198 valence electrons. The van der Waals surface area contributed by atoms with Crippen LogP contribution in [0.5, 0.6) is 5.75 Å². The molecule has 0 bridgehead atoms. The minimum absolute atomic E-state index is 0.00398. The van der Waals surface area contributed by atoms with Crippen LogP contribution in [0.4, 0.5) is 18.9 Å². The van der Waals surface area contributed by atoms with E-state index < -0.39 is 22.4 Å². The molecule has 2 aromatic carbocycles. The molecule has 1 aliphatic heterocycles. The number of hydrogen-bond acceptors (Lipinski definition) is 5. The lowest BCUT2D eigenvalue weighted by Gasteiger charge is -2.33. The summed E-state index contributed by atoms with van der Waals surface area (Å²) in [5, 5.41) is 16.0. The zero-order valence-electron chi connectivity index (χ0n) is 20.9. The largest absolute Gasteiger partial charge is 0.633 e. The first-order valence-electron chi connectivity index (χ1n) is 11.8. The predicted molar refractivity (Wildman–Crippen MR) is 133 cm³/mol. The van der Waals surface area contributed by atoms with E-state index in [4.69, 9.17) is 4.74 Å². The van der Waals surface area contributed by atoms with Crippen LogP contribution >= 0.6 is 0 Å². The molecule has 0 spiro atoms. The molecular formula is C26H25F3N6O3. The highest BCUT2D eigenvalue weighted by Crippen LogP contribution is 2.37. The van der Waals surface area contributed by atoms with Crippen LogP contribution in [0.15, 0.2) is 60.9 Å². The lowest BCUT2D eigenvalue weighted by molar-refractivity contribution is -0.854. The second-order valence-corrected chi connectivity index (χ2v) is 9.45. The average Bonchev–Trinajstić information content (AvgIpc) is 3.48. The summed E-state index contributed by atoms with van der Waals surface area (Å²) < 4.78 is 48.9. The fourth-order valence-corrected chi connectivity index (χ4v) is 4.56. The van der Waals surface area contributed by atoms with Crippen LogP contribution in [-0.4, -0.2) is 57.6 Å². The second-order valence-electron chi connectivity index (χ2n) is 9.45. The number of halogens is 3. The van der Waals surface area contributed by atoms with Gasteiger partial charge < -0.3 is 19.5 Å². The molecule has 0 aliphatic carbocycles. The van der Waals surface area contributed by atoms with E-state index in [1.807, 2.05) is 0 Å². The van der Waals surface area contributed by atoms with Gasteiger partial charge in [-0.15, -0.1) is 0 Å². The first-order valence-corrected chi connectivity index (χ1v) is 11.8. The Labute approximate surface area is 216 Å². The van der Waals surface area contributed by atoms with E-state index in [9.17, 15) is 23.2 Å². The number of amides is 1. The fourth-order valence-electron chi connectivity index (χ4n) is 4.56. The van der Waals surface area contributed by atoms with Crippen molar-refractivity contribution in [3.8, 4) is 17.1 Å². The fraction of sp³-hybridized carbons (Fsp3) is 0.269. The molecule has 2 aromatic heterocycles. The molecule has 9 nitrogen and oxygen atoms in total. The summed E-state index contributed by atoms with van der Waals surface area (Å²) in [5.74, 6) is 0.531. The van der Waals surface area contributed by atoms with Crippen LogP contribution in [0.1, 0.15) is 27.6 Å². The predicted octanol–water partition coefficient (Wildman–Crippen LogP) is 4.36. The van der Waals surface area contributed by atoms with E-state index >= 15 is 0 Å². The van der Waals surface area contributed by atoms with Crippen molar-refractivity contribution in [2.45, 2.75) is 19.1 Å². The summed E-state index contributed by atoms with van der Waals surface area (Å²) in [6, 6.07) is 13.3. The van der Waals surface area contributed by atoms with Gasteiger partial charge in [0.2, 0.25) is 0 Å². The Balaban J connectivity index is 1.50. The normalized spacial score (nSPS) is 14.1. The molecule has 12 heteroatoms. The number of anilines is 1. The van der Waals surface area contributed by atoms with E-state index in [2.05, 4.69) is 10.1 Å². The van der Waals surface area contributed by atoms with Crippen LogP contribution in [0.25, 0.3) is 11.4 Å². The minimum atomic E-state index is -4.70. The maximum Gasteiger partial charge on any atom is 0.435 e. The van der Waals surface area contributed by atoms with Gasteiger partial charge in [0.1, 0.15) is 18.0 Å². The number of carbonyl (C=O) groups excluding carboxylic acids is 1. The molecule has 4 aromatic rings. The maximum absolute atomic E-state index is 13.8. The highest BCUT2D eigenvalue weighted by atomic mass is 19.4. The van der Waals surface area contributed by atoms with Crippen LogP contribution < -0.4 is 9.64 Å². The summed E-state index contributed by atoms with van der Waals surface area (Å²) >= 11 is 0. The highest BCUT2D eigenvalue weighted by Gasteiger charge is 2.43. The molecule has 1 amide bonds. The van der Waals surface area contributed by atoms with Crippen molar-refractivity contribution in [1.29, 1.82) is 0 Å². The highest BCUT2D eigenvalue weighted by molar-refractivity contribution is 6.07. The first-order chi connectivity index (χ1) is 18.0. The number of aromatic nitrogens is 4. The number of benzene rings is 2. The maximum atomic E-state index is 13.8. The third-order valence-electron chi connectivity index (χ3n) is 6.28. The Kier molecular flexibility index (Phi) is 6.24. The number of fused-ring (bicyclic) bond motifs is 1. The summed E-state index contributed by atoms with van der Waals surface area (Å²) in [6.45, 7) is 0.236. The molecule has 38 heavy (non-hydrogen) atoms. The number of imidazole rings is 1. The van der Waals surface area contributed by atoms with Gasteiger partial charge in [-0.05, 0) is 55.0 Å². The Hall–Kier alpha value is -4.16. The van der Waals surface area contributed by atoms with Gasteiger partial charge in [0.25, 0.3) is 5.91 Å². The van der Waals surface area contributed by atoms with E-state index in [0.717, 1.165) is 10.4 Å². The third kappa shape index (κ3) is 4.75. The number of carbonyl (C=O) groups is 1. The smallest absolute Gasteiger partial charge is 0.435 e. The quantitative estimate of drug-likeness (QED) is 0.275. The standard InChI is InChI=1S/C26H25F3N6O3/c1-35(2,37)16-22-30-13-15-32(22)17-4-6-18(7-5-17)33-14-12-21-23(25(33)36)34(31-24(21)26(27,28)29)19-8-10-20(38-3)11-9-19/h4-11,13,15H,12,14,16H2,1-3H3. The zero-order valence-corrected chi connectivity index (χ0v) is 20.9. The van der Waals surface area contributed by atoms with Crippen LogP contribution in [-0.2, 0) is 19.1 Å². The monoisotopic (exact) mass is 526 g/mol. The molecular weight excluding hydrogens is 501 g/mol. The van der Waals surface area contributed by atoms with Gasteiger partial charge in [-0.1, -0.05) is 0 Å². The topological polar surface area (TPSA) is 88.2 Å². The summed E-state index contributed by atoms with van der Waals surface area (Å²) in [7, 11) is 4.54.